The van der Waals surface area contributed by atoms with Crippen molar-refractivity contribution in [3.8, 4) is 51.1 Å². The lowest BCUT2D eigenvalue weighted by atomic mass is 10.0. The van der Waals surface area contributed by atoms with Crippen molar-refractivity contribution in [2.45, 2.75) is 0 Å². The van der Waals surface area contributed by atoms with Crippen molar-refractivity contribution in [1.29, 1.82) is 0 Å². The smallest absolute Gasteiger partial charge is 0.165 e. The van der Waals surface area contributed by atoms with Crippen LogP contribution in [0.5, 0.6) is 0 Å². The summed E-state index contributed by atoms with van der Waals surface area (Å²) < 4.78 is 8.46. The second-order valence-corrected chi connectivity index (χ2v) is 12.3. The maximum Gasteiger partial charge on any atom is 0.165 e. The highest BCUT2D eigenvalue weighted by atomic mass is 16.3. The van der Waals surface area contributed by atoms with Crippen molar-refractivity contribution in [2.75, 3.05) is 0 Å². The lowest BCUT2D eigenvalue weighted by Gasteiger charge is -2.10. The van der Waals surface area contributed by atoms with E-state index in [0.29, 0.717) is 17.5 Å². The molecule has 0 bridgehead atoms. The molecular weight excluding hydrogens is 615 g/mol. The number of para-hydroxylation sites is 2. The Morgan fingerprint density at radius 3 is 1.62 bits per heavy atom. The van der Waals surface area contributed by atoms with Crippen LogP contribution in [-0.4, -0.2) is 24.5 Å². The van der Waals surface area contributed by atoms with Gasteiger partial charge in [-0.05, 0) is 53.6 Å². The molecule has 0 aliphatic carbocycles. The first kappa shape index (κ1) is 28.1. The molecule has 10 aromatic rings. The van der Waals surface area contributed by atoms with E-state index in [-0.39, 0.29) is 0 Å². The average molecular weight is 642 g/mol. The molecule has 0 saturated carbocycles. The van der Waals surface area contributed by atoms with Crippen LogP contribution < -0.4 is 0 Å². The lowest BCUT2D eigenvalue weighted by Crippen LogP contribution is -2.01. The number of benzene rings is 6. The molecular formula is C44H27N5O. The average Bonchev–Trinajstić information content (AvgIpc) is 3.73. The van der Waals surface area contributed by atoms with Gasteiger partial charge in [-0.1, -0.05) is 115 Å². The summed E-state index contributed by atoms with van der Waals surface area (Å²) in [5.41, 5.74) is 8.81. The summed E-state index contributed by atoms with van der Waals surface area (Å²) in [5.74, 6) is 2.62. The molecule has 234 valence electrons. The van der Waals surface area contributed by atoms with Gasteiger partial charge in [0.2, 0.25) is 0 Å². The Morgan fingerprint density at radius 1 is 0.380 bits per heavy atom. The van der Waals surface area contributed by atoms with Crippen LogP contribution in [-0.2, 0) is 0 Å². The summed E-state index contributed by atoms with van der Waals surface area (Å²) in [4.78, 5) is 19.6. The Bertz CT molecular complexity index is 2800. The third-order valence-electron chi connectivity index (χ3n) is 9.32. The fourth-order valence-electron chi connectivity index (χ4n) is 6.89. The van der Waals surface area contributed by atoms with E-state index in [9.17, 15) is 0 Å². The zero-order chi connectivity index (χ0) is 33.0. The van der Waals surface area contributed by atoms with Crippen LogP contribution in [0.15, 0.2) is 168 Å². The van der Waals surface area contributed by atoms with Gasteiger partial charge >= 0.3 is 0 Å². The van der Waals surface area contributed by atoms with E-state index in [2.05, 4.69) is 71.3 Å². The number of pyridine rings is 1. The largest absolute Gasteiger partial charge is 0.456 e. The molecule has 0 spiro atoms. The van der Waals surface area contributed by atoms with Crippen molar-refractivity contribution in [2.24, 2.45) is 0 Å². The number of furan rings is 1. The van der Waals surface area contributed by atoms with Crippen molar-refractivity contribution in [1.82, 2.24) is 24.5 Å². The Labute approximate surface area is 287 Å². The van der Waals surface area contributed by atoms with Gasteiger partial charge in [-0.2, -0.15) is 0 Å². The number of fused-ring (bicyclic) bond motifs is 6. The van der Waals surface area contributed by atoms with E-state index < -0.39 is 0 Å². The summed E-state index contributed by atoms with van der Waals surface area (Å²) in [6.07, 6.45) is 1.86. The highest BCUT2D eigenvalue weighted by Crippen LogP contribution is 2.37. The molecule has 6 heteroatoms. The van der Waals surface area contributed by atoms with Gasteiger partial charge in [-0.25, -0.2) is 19.9 Å². The normalized spacial score (nSPS) is 11.6. The van der Waals surface area contributed by atoms with Gasteiger partial charge in [0, 0.05) is 44.4 Å². The van der Waals surface area contributed by atoms with Crippen LogP contribution in [0.25, 0.3) is 94.9 Å². The zero-order valence-electron chi connectivity index (χ0n) is 26.7. The Morgan fingerprint density at radius 2 is 0.920 bits per heavy atom. The van der Waals surface area contributed by atoms with Crippen molar-refractivity contribution in [3.05, 3.63) is 164 Å². The molecule has 0 amide bonds. The topological polar surface area (TPSA) is 69.6 Å². The highest BCUT2D eigenvalue weighted by molar-refractivity contribution is 6.10. The molecule has 0 unspecified atom stereocenters. The third-order valence-corrected chi connectivity index (χ3v) is 9.32. The summed E-state index contributed by atoms with van der Waals surface area (Å²) in [6.45, 7) is 0. The highest BCUT2D eigenvalue weighted by Gasteiger charge is 2.17. The first-order chi connectivity index (χ1) is 24.8. The molecule has 50 heavy (non-hydrogen) atoms. The van der Waals surface area contributed by atoms with Crippen molar-refractivity contribution < 1.29 is 4.42 Å². The molecule has 4 heterocycles. The maximum atomic E-state index is 6.23. The van der Waals surface area contributed by atoms with Gasteiger partial charge in [-0.15, -0.1) is 0 Å². The minimum atomic E-state index is 0.572. The fraction of sp³-hybridized carbons (Fsp3) is 0. The van der Waals surface area contributed by atoms with Gasteiger partial charge in [0.15, 0.2) is 17.5 Å². The molecule has 10 rings (SSSR count). The summed E-state index contributed by atoms with van der Waals surface area (Å²) in [5, 5.41) is 4.58. The van der Waals surface area contributed by atoms with Crippen LogP contribution in [0.2, 0.25) is 0 Å². The van der Waals surface area contributed by atoms with Crippen LogP contribution >= 0.6 is 0 Å². The van der Waals surface area contributed by atoms with Gasteiger partial charge in [0.25, 0.3) is 0 Å². The molecule has 6 nitrogen and oxygen atoms in total. The molecule has 0 radical (unpaired) electrons. The number of aromatic nitrogens is 5. The predicted molar refractivity (Wildman–Crippen MR) is 201 cm³/mol. The second kappa shape index (κ2) is 11.4. The van der Waals surface area contributed by atoms with Gasteiger partial charge in [-0.3, -0.25) is 4.57 Å². The van der Waals surface area contributed by atoms with Crippen LogP contribution in [0.1, 0.15) is 0 Å². The third kappa shape index (κ3) is 4.65. The molecule has 0 fully saturated rings. The summed E-state index contributed by atoms with van der Waals surface area (Å²) in [7, 11) is 0. The molecule has 0 saturated heterocycles. The molecule has 0 atom stereocenters. The summed E-state index contributed by atoms with van der Waals surface area (Å²) >= 11 is 0. The van der Waals surface area contributed by atoms with E-state index in [1.807, 2.05) is 97.2 Å². The SMILES string of the molecule is c1ccc(-c2nc(-c3ccccc3)nc(-c3ccc(-n4c5ccccc5c5ccc(-c6ccc7c(c6)oc6ccccc67)cc54)nc3)n2)cc1. The van der Waals surface area contributed by atoms with Crippen molar-refractivity contribution >= 4 is 43.7 Å². The van der Waals surface area contributed by atoms with Crippen LogP contribution in [0.3, 0.4) is 0 Å². The van der Waals surface area contributed by atoms with Gasteiger partial charge < -0.3 is 4.42 Å². The number of hydrogen-bond acceptors (Lipinski definition) is 5. The van der Waals surface area contributed by atoms with E-state index in [4.69, 9.17) is 24.4 Å². The zero-order valence-corrected chi connectivity index (χ0v) is 26.7. The standard InChI is InChI=1S/C44H27N5O/c1-3-11-28(12-4-1)42-46-43(29-13-5-2-6-14-29)48-44(47-42)32-21-24-41(45-27-32)49-37-17-9-7-15-33(37)34-22-19-30(25-38(34)49)31-20-23-36-35-16-8-10-18-39(35)50-40(36)26-31/h1-27H. The first-order valence-electron chi connectivity index (χ1n) is 16.6. The maximum absolute atomic E-state index is 6.23. The minimum Gasteiger partial charge on any atom is -0.456 e. The van der Waals surface area contributed by atoms with Crippen LogP contribution in [0, 0.1) is 0 Å². The fourth-order valence-corrected chi connectivity index (χ4v) is 6.89. The quantitative estimate of drug-likeness (QED) is 0.187. The van der Waals surface area contributed by atoms with Gasteiger partial charge in [0.1, 0.15) is 17.0 Å². The predicted octanol–water partition coefficient (Wildman–Crippen LogP) is 10.9. The van der Waals surface area contributed by atoms with E-state index >= 15 is 0 Å². The molecule has 0 aliphatic rings. The summed E-state index contributed by atoms with van der Waals surface area (Å²) in [6, 6.07) is 53.9. The Balaban J connectivity index is 1.09. The number of rotatable bonds is 5. The second-order valence-electron chi connectivity index (χ2n) is 12.3. The molecule has 0 aliphatic heterocycles. The minimum absolute atomic E-state index is 0.572. The lowest BCUT2D eigenvalue weighted by molar-refractivity contribution is 0.669. The molecule has 0 N–H and O–H groups in total. The van der Waals surface area contributed by atoms with Crippen molar-refractivity contribution in [3.63, 3.8) is 0 Å². The number of nitrogens with zero attached hydrogens (tertiary/aromatic N) is 5. The Hall–Kier alpha value is -6.92. The Kier molecular flexibility index (Phi) is 6.39. The monoisotopic (exact) mass is 641 g/mol. The first-order valence-corrected chi connectivity index (χ1v) is 16.6. The van der Waals surface area contributed by atoms with E-state index in [1.54, 1.807) is 0 Å². The number of hydrogen-bond donors (Lipinski definition) is 0. The van der Waals surface area contributed by atoms with Crippen LogP contribution in [0.4, 0.5) is 0 Å². The molecule has 4 aromatic heterocycles. The molecule has 6 aromatic carbocycles. The van der Waals surface area contributed by atoms with E-state index in [0.717, 1.165) is 72.0 Å². The van der Waals surface area contributed by atoms with Gasteiger partial charge in [0.05, 0.1) is 11.0 Å². The van der Waals surface area contributed by atoms with E-state index in [1.165, 1.54) is 5.39 Å².